The van der Waals surface area contributed by atoms with Crippen LogP contribution < -0.4 is 0 Å². The van der Waals surface area contributed by atoms with Crippen LogP contribution in [0.25, 0.3) is 0 Å². The van der Waals surface area contributed by atoms with Crippen molar-refractivity contribution < 1.29 is 8.42 Å². The van der Waals surface area contributed by atoms with Crippen molar-refractivity contribution in [2.75, 3.05) is 0 Å². The maximum Gasteiger partial charge on any atom is 0.289 e. The SMILES string of the molecule is Cc1nsc(S(=O)(=O)Cl)n1. The summed E-state index contributed by atoms with van der Waals surface area (Å²) in [4.78, 5) is 3.57. The van der Waals surface area contributed by atoms with E-state index in [4.69, 9.17) is 10.7 Å². The second-order valence-electron chi connectivity index (χ2n) is 1.55. The molecule has 0 amide bonds. The summed E-state index contributed by atoms with van der Waals surface area (Å²) in [6, 6.07) is 0. The maximum absolute atomic E-state index is 10.5. The minimum Gasteiger partial charge on any atom is -0.208 e. The molecule has 1 rings (SSSR count). The minimum atomic E-state index is -3.66. The fourth-order valence-corrected chi connectivity index (χ4v) is 1.87. The lowest BCUT2D eigenvalue weighted by Gasteiger charge is -1.80. The summed E-state index contributed by atoms with van der Waals surface area (Å²) < 4.78 is 24.5. The van der Waals surface area contributed by atoms with Crippen LogP contribution in [0.15, 0.2) is 4.34 Å². The van der Waals surface area contributed by atoms with E-state index in [0.29, 0.717) is 5.82 Å². The van der Waals surface area contributed by atoms with Crippen molar-refractivity contribution in [3.8, 4) is 0 Å². The molecule has 1 heterocycles. The highest BCUT2D eigenvalue weighted by Gasteiger charge is 2.14. The molecular weight excluding hydrogens is 196 g/mol. The molecule has 1 aromatic rings. The van der Waals surface area contributed by atoms with Crippen molar-refractivity contribution in [1.29, 1.82) is 0 Å². The van der Waals surface area contributed by atoms with Crippen molar-refractivity contribution in [2.45, 2.75) is 11.3 Å². The minimum absolute atomic E-state index is 0.147. The molecule has 0 radical (unpaired) electrons. The van der Waals surface area contributed by atoms with Crippen LogP contribution in [0.3, 0.4) is 0 Å². The Morgan fingerprint density at radius 3 is 2.40 bits per heavy atom. The van der Waals surface area contributed by atoms with E-state index in [1.54, 1.807) is 6.92 Å². The molecule has 10 heavy (non-hydrogen) atoms. The predicted octanol–water partition coefficient (Wildman–Crippen LogP) is 0.774. The highest BCUT2D eigenvalue weighted by atomic mass is 35.7. The topological polar surface area (TPSA) is 59.9 Å². The van der Waals surface area contributed by atoms with Crippen LogP contribution in [-0.4, -0.2) is 17.8 Å². The van der Waals surface area contributed by atoms with Gasteiger partial charge < -0.3 is 0 Å². The first-order valence-electron chi connectivity index (χ1n) is 2.25. The molecule has 7 heteroatoms. The molecule has 0 aromatic carbocycles. The Balaban J connectivity index is 3.21. The lowest BCUT2D eigenvalue weighted by molar-refractivity contribution is 0.608. The summed E-state index contributed by atoms with van der Waals surface area (Å²) in [6.07, 6.45) is 0. The van der Waals surface area contributed by atoms with Crippen LogP contribution in [0.5, 0.6) is 0 Å². The van der Waals surface area contributed by atoms with Crippen LogP contribution in [0.4, 0.5) is 0 Å². The third-order valence-corrected chi connectivity index (χ3v) is 3.42. The van der Waals surface area contributed by atoms with Gasteiger partial charge >= 0.3 is 0 Å². The molecule has 0 fully saturated rings. The lowest BCUT2D eigenvalue weighted by atomic mass is 10.8. The van der Waals surface area contributed by atoms with Crippen molar-refractivity contribution in [2.24, 2.45) is 0 Å². The van der Waals surface area contributed by atoms with Gasteiger partial charge in [-0.25, -0.2) is 13.4 Å². The summed E-state index contributed by atoms with van der Waals surface area (Å²) in [5.41, 5.74) is 0. The lowest BCUT2D eigenvalue weighted by Crippen LogP contribution is -1.88. The van der Waals surface area contributed by atoms with Gasteiger partial charge in [0, 0.05) is 10.7 Å². The summed E-state index contributed by atoms with van der Waals surface area (Å²) in [7, 11) is 1.29. The fraction of sp³-hybridized carbons (Fsp3) is 0.333. The van der Waals surface area contributed by atoms with E-state index >= 15 is 0 Å². The van der Waals surface area contributed by atoms with Crippen LogP contribution in [0, 0.1) is 6.92 Å². The van der Waals surface area contributed by atoms with Gasteiger partial charge in [0.2, 0.25) is 4.34 Å². The van der Waals surface area contributed by atoms with E-state index in [9.17, 15) is 8.42 Å². The Morgan fingerprint density at radius 1 is 1.60 bits per heavy atom. The molecule has 0 aliphatic carbocycles. The van der Waals surface area contributed by atoms with Crippen LogP contribution >= 0.6 is 22.2 Å². The van der Waals surface area contributed by atoms with Crippen LogP contribution in [0.1, 0.15) is 5.82 Å². The summed E-state index contributed by atoms with van der Waals surface area (Å²) in [6.45, 7) is 1.60. The zero-order valence-electron chi connectivity index (χ0n) is 4.91. The van der Waals surface area contributed by atoms with Gasteiger partial charge in [-0.3, -0.25) is 0 Å². The fourth-order valence-electron chi connectivity index (χ4n) is 0.377. The van der Waals surface area contributed by atoms with E-state index < -0.39 is 9.05 Å². The zero-order chi connectivity index (χ0) is 7.78. The van der Waals surface area contributed by atoms with E-state index in [-0.39, 0.29) is 4.34 Å². The number of aryl methyl sites for hydroxylation is 1. The molecule has 1 aromatic heterocycles. The second kappa shape index (κ2) is 2.44. The molecule has 0 aliphatic rings. The summed E-state index contributed by atoms with van der Waals surface area (Å²) in [5, 5.41) is 0. The van der Waals surface area contributed by atoms with Gasteiger partial charge in [-0.2, -0.15) is 4.37 Å². The number of halogens is 1. The predicted molar refractivity (Wildman–Crippen MR) is 37.7 cm³/mol. The molecule has 4 nitrogen and oxygen atoms in total. The van der Waals surface area contributed by atoms with Crippen LogP contribution in [-0.2, 0) is 9.05 Å². The molecule has 0 aliphatic heterocycles. The zero-order valence-corrected chi connectivity index (χ0v) is 7.29. The smallest absolute Gasteiger partial charge is 0.208 e. The Morgan fingerprint density at radius 2 is 2.20 bits per heavy atom. The van der Waals surface area contributed by atoms with Gasteiger partial charge in [0.1, 0.15) is 5.82 Å². The van der Waals surface area contributed by atoms with E-state index in [0.717, 1.165) is 11.5 Å². The first kappa shape index (κ1) is 7.90. The Kier molecular flexibility index (Phi) is 1.93. The highest BCUT2D eigenvalue weighted by molar-refractivity contribution is 8.14. The van der Waals surface area contributed by atoms with Gasteiger partial charge in [0.25, 0.3) is 9.05 Å². The standard InChI is InChI=1S/C3H3ClN2O2S2/c1-2-5-3(9-6-2)10(4,7)8/h1H3. The number of hydrogen-bond acceptors (Lipinski definition) is 5. The Bertz CT molecular complexity index is 330. The first-order valence-corrected chi connectivity index (χ1v) is 5.33. The maximum atomic E-state index is 10.5. The molecule has 0 saturated heterocycles. The van der Waals surface area contributed by atoms with Crippen molar-refractivity contribution in [1.82, 2.24) is 9.36 Å². The summed E-state index contributed by atoms with van der Waals surface area (Å²) >= 11 is 0.775. The average Bonchev–Trinajstić information content (AvgIpc) is 2.11. The van der Waals surface area contributed by atoms with E-state index in [2.05, 4.69) is 9.36 Å². The third-order valence-electron chi connectivity index (χ3n) is 0.718. The quantitative estimate of drug-likeness (QED) is 0.626. The van der Waals surface area contributed by atoms with E-state index in [1.165, 1.54) is 0 Å². The molecule has 0 bridgehead atoms. The highest BCUT2D eigenvalue weighted by Crippen LogP contribution is 2.15. The van der Waals surface area contributed by atoms with Gasteiger partial charge in [0.15, 0.2) is 0 Å². The van der Waals surface area contributed by atoms with Gasteiger partial charge in [-0.15, -0.1) is 0 Å². The molecule has 56 valence electrons. The van der Waals surface area contributed by atoms with Crippen molar-refractivity contribution in [3.63, 3.8) is 0 Å². The Labute approximate surface area is 66.4 Å². The average molecular weight is 199 g/mol. The largest absolute Gasteiger partial charge is 0.289 e. The van der Waals surface area contributed by atoms with E-state index in [1.807, 2.05) is 0 Å². The molecule has 0 N–H and O–H groups in total. The number of rotatable bonds is 1. The second-order valence-corrected chi connectivity index (χ2v) is 5.04. The molecule has 0 spiro atoms. The Hall–Kier alpha value is -0.200. The third kappa shape index (κ3) is 1.65. The molecule has 0 unspecified atom stereocenters. The molecule has 0 atom stereocenters. The van der Waals surface area contributed by atoms with Gasteiger partial charge in [-0.05, 0) is 18.5 Å². The monoisotopic (exact) mass is 198 g/mol. The molecule has 0 saturated carbocycles. The number of hydrogen-bond donors (Lipinski definition) is 0. The van der Waals surface area contributed by atoms with Crippen molar-refractivity contribution >= 4 is 31.3 Å². The van der Waals surface area contributed by atoms with Crippen LogP contribution in [0.2, 0.25) is 0 Å². The van der Waals surface area contributed by atoms with Gasteiger partial charge in [-0.1, -0.05) is 0 Å². The number of nitrogens with zero attached hydrogens (tertiary/aromatic N) is 2. The first-order chi connectivity index (χ1) is 4.50. The van der Waals surface area contributed by atoms with Gasteiger partial charge in [0.05, 0.1) is 0 Å². The van der Waals surface area contributed by atoms with Crippen molar-refractivity contribution in [3.05, 3.63) is 5.82 Å². The molecular formula is C3H3ClN2O2S2. The number of aromatic nitrogens is 2. The summed E-state index contributed by atoms with van der Waals surface area (Å²) in [5.74, 6) is 0.421. The normalized spacial score (nSPS) is 11.8.